The fourth-order valence-electron chi connectivity index (χ4n) is 5.40. The maximum atomic E-state index is 10.4. The third-order valence-electron chi connectivity index (χ3n) is 6.58. The summed E-state index contributed by atoms with van der Waals surface area (Å²) in [5, 5.41) is 20.7. The highest BCUT2D eigenvalue weighted by Gasteiger charge is 2.54. The van der Waals surface area contributed by atoms with Crippen LogP contribution in [-0.4, -0.2) is 21.9 Å². The van der Waals surface area contributed by atoms with Gasteiger partial charge in [0, 0.05) is 0 Å². The van der Waals surface area contributed by atoms with Crippen LogP contribution >= 0.6 is 0 Å². The van der Waals surface area contributed by atoms with E-state index in [-0.39, 0.29) is 16.9 Å². The Morgan fingerprint density at radius 1 is 1.36 bits per heavy atom. The first-order chi connectivity index (χ1) is 10.0. The zero-order valence-corrected chi connectivity index (χ0v) is 15.0. The van der Waals surface area contributed by atoms with Gasteiger partial charge >= 0.3 is 0 Å². The topological polar surface area (TPSA) is 40.5 Å². The normalized spacial score (nSPS) is 40.3. The molecule has 2 N–H and O–H groups in total. The van der Waals surface area contributed by atoms with Gasteiger partial charge in [0.15, 0.2) is 0 Å². The molecule has 0 saturated heterocycles. The molecular formula is C20H34O2. The second-order valence-corrected chi connectivity index (χ2v) is 8.95. The lowest BCUT2D eigenvalue weighted by Gasteiger charge is -2.58. The van der Waals surface area contributed by atoms with Crippen LogP contribution in [0.1, 0.15) is 66.7 Å². The van der Waals surface area contributed by atoms with E-state index >= 15 is 0 Å². The predicted molar refractivity (Wildman–Crippen MR) is 92.5 cm³/mol. The van der Waals surface area contributed by atoms with Crippen LogP contribution in [0, 0.1) is 22.7 Å². The summed E-state index contributed by atoms with van der Waals surface area (Å²) in [7, 11) is 0. The molecule has 0 spiro atoms. The molecule has 2 aliphatic carbocycles. The number of aliphatic hydroxyl groups is 2. The molecule has 1 saturated carbocycles. The summed E-state index contributed by atoms with van der Waals surface area (Å²) < 4.78 is 0. The Morgan fingerprint density at radius 3 is 2.59 bits per heavy atom. The quantitative estimate of drug-likeness (QED) is 0.752. The zero-order chi connectivity index (χ0) is 16.8. The third-order valence-corrected chi connectivity index (χ3v) is 6.58. The molecule has 0 aromatic heterocycles. The maximum absolute atomic E-state index is 10.4. The number of allylic oxidation sites excluding steroid dienone is 2. The van der Waals surface area contributed by atoms with Gasteiger partial charge in [0.25, 0.3) is 0 Å². The summed E-state index contributed by atoms with van der Waals surface area (Å²) in [4.78, 5) is 0. The first-order valence-corrected chi connectivity index (χ1v) is 8.72. The predicted octanol–water partition coefficient (Wildman–Crippen LogP) is 4.47. The van der Waals surface area contributed by atoms with E-state index in [1.807, 2.05) is 6.92 Å². The van der Waals surface area contributed by atoms with Crippen LogP contribution < -0.4 is 0 Å². The van der Waals surface area contributed by atoms with E-state index in [2.05, 4.69) is 40.3 Å². The van der Waals surface area contributed by atoms with Gasteiger partial charge in [0.2, 0.25) is 0 Å². The highest BCUT2D eigenvalue weighted by Crippen LogP contribution is 2.60. The fourth-order valence-corrected chi connectivity index (χ4v) is 5.40. The Balaban J connectivity index is 2.29. The molecule has 2 heteroatoms. The van der Waals surface area contributed by atoms with Gasteiger partial charge in [-0.1, -0.05) is 38.5 Å². The number of aliphatic hydroxyl groups excluding tert-OH is 1. The van der Waals surface area contributed by atoms with Crippen molar-refractivity contribution in [2.24, 2.45) is 22.7 Å². The van der Waals surface area contributed by atoms with Crippen molar-refractivity contribution in [3.63, 3.8) is 0 Å². The fraction of sp³-hybridized carbons (Fsp3) is 0.800. The number of fused-ring (bicyclic) bond motifs is 1. The van der Waals surface area contributed by atoms with Crippen LogP contribution in [0.5, 0.6) is 0 Å². The van der Waals surface area contributed by atoms with E-state index in [1.165, 1.54) is 5.57 Å². The van der Waals surface area contributed by atoms with Crippen molar-refractivity contribution < 1.29 is 10.2 Å². The standard InChI is InChI=1S/C20H34O2/c1-7-19(5,22)11-10-16-14(2)8-9-17-18(3,4)12-15(21)13-20(16,17)6/h7-8,15-17,21-22H,1,9-13H2,2-6H3/t15-,16-,17+,19+,20+/m0/s1. The van der Waals surface area contributed by atoms with Crippen molar-refractivity contribution in [1.82, 2.24) is 0 Å². The summed E-state index contributed by atoms with van der Waals surface area (Å²) in [5.74, 6) is 1.04. The van der Waals surface area contributed by atoms with Crippen molar-refractivity contribution in [2.45, 2.75) is 78.4 Å². The smallest absolute Gasteiger partial charge is 0.0797 e. The minimum Gasteiger partial charge on any atom is -0.393 e. The Labute approximate surface area is 136 Å². The highest BCUT2D eigenvalue weighted by atomic mass is 16.3. The molecule has 2 aliphatic rings. The van der Waals surface area contributed by atoms with Crippen molar-refractivity contribution in [2.75, 3.05) is 0 Å². The second-order valence-electron chi connectivity index (χ2n) is 8.95. The summed E-state index contributed by atoms with van der Waals surface area (Å²) >= 11 is 0. The lowest BCUT2D eigenvalue weighted by Crippen LogP contribution is -2.52. The minimum absolute atomic E-state index is 0.122. The van der Waals surface area contributed by atoms with Gasteiger partial charge in [-0.3, -0.25) is 0 Å². The van der Waals surface area contributed by atoms with Crippen LogP contribution in [0.15, 0.2) is 24.3 Å². The second kappa shape index (κ2) is 5.79. The van der Waals surface area contributed by atoms with E-state index in [0.717, 1.165) is 32.1 Å². The highest BCUT2D eigenvalue weighted by molar-refractivity contribution is 5.19. The van der Waals surface area contributed by atoms with Gasteiger partial charge in [0.1, 0.15) is 0 Å². The third kappa shape index (κ3) is 3.19. The molecule has 126 valence electrons. The number of hydrogen-bond donors (Lipinski definition) is 2. The molecule has 0 radical (unpaired) electrons. The lowest BCUT2D eigenvalue weighted by atomic mass is 9.47. The van der Waals surface area contributed by atoms with Crippen LogP contribution in [0.3, 0.4) is 0 Å². The molecule has 1 fully saturated rings. The molecular weight excluding hydrogens is 272 g/mol. The Hall–Kier alpha value is -0.600. The summed E-state index contributed by atoms with van der Waals surface area (Å²) in [6, 6.07) is 0. The van der Waals surface area contributed by atoms with Gasteiger partial charge < -0.3 is 10.2 Å². The summed E-state index contributed by atoms with van der Waals surface area (Å²) in [6.07, 6.45) is 8.43. The molecule has 0 unspecified atom stereocenters. The summed E-state index contributed by atoms with van der Waals surface area (Å²) in [5.41, 5.74) is 0.926. The zero-order valence-electron chi connectivity index (χ0n) is 15.0. The number of rotatable bonds is 4. The van der Waals surface area contributed by atoms with Crippen LogP contribution in [0.2, 0.25) is 0 Å². The first-order valence-electron chi connectivity index (χ1n) is 8.72. The van der Waals surface area contributed by atoms with E-state index in [0.29, 0.717) is 11.8 Å². The van der Waals surface area contributed by atoms with Gasteiger partial charge in [-0.25, -0.2) is 0 Å². The van der Waals surface area contributed by atoms with E-state index in [9.17, 15) is 10.2 Å². The van der Waals surface area contributed by atoms with Gasteiger partial charge in [-0.15, -0.1) is 6.58 Å². The molecule has 0 aliphatic heterocycles. The SMILES string of the molecule is C=C[C@@](C)(O)CC[C@H]1C(C)=CC[C@@H]2C(C)(C)C[C@H](O)C[C@@]21C. The molecule has 0 aromatic rings. The molecule has 0 aromatic carbocycles. The largest absolute Gasteiger partial charge is 0.393 e. The average molecular weight is 306 g/mol. The molecule has 2 rings (SSSR count). The maximum Gasteiger partial charge on any atom is 0.0797 e. The Morgan fingerprint density at radius 2 is 2.00 bits per heavy atom. The first kappa shape index (κ1) is 17.7. The van der Waals surface area contributed by atoms with E-state index in [1.54, 1.807) is 6.08 Å². The van der Waals surface area contributed by atoms with Crippen molar-refractivity contribution in [3.8, 4) is 0 Å². The van der Waals surface area contributed by atoms with Gasteiger partial charge in [-0.2, -0.15) is 0 Å². The lowest BCUT2D eigenvalue weighted by molar-refractivity contribution is -0.0975. The molecule has 5 atom stereocenters. The van der Waals surface area contributed by atoms with Gasteiger partial charge in [-0.05, 0) is 68.6 Å². The summed E-state index contributed by atoms with van der Waals surface area (Å²) in [6.45, 7) is 14.8. The van der Waals surface area contributed by atoms with Gasteiger partial charge in [0.05, 0.1) is 11.7 Å². The van der Waals surface area contributed by atoms with E-state index in [4.69, 9.17) is 0 Å². The average Bonchev–Trinajstić information content (AvgIpc) is 2.35. The number of hydrogen-bond acceptors (Lipinski definition) is 2. The van der Waals surface area contributed by atoms with Crippen LogP contribution in [-0.2, 0) is 0 Å². The van der Waals surface area contributed by atoms with Crippen molar-refractivity contribution in [1.29, 1.82) is 0 Å². The van der Waals surface area contributed by atoms with Crippen LogP contribution in [0.4, 0.5) is 0 Å². The van der Waals surface area contributed by atoms with Crippen molar-refractivity contribution in [3.05, 3.63) is 24.3 Å². The molecule has 2 nitrogen and oxygen atoms in total. The molecule has 0 heterocycles. The molecule has 22 heavy (non-hydrogen) atoms. The Kier molecular flexibility index (Phi) is 4.68. The minimum atomic E-state index is -0.799. The monoisotopic (exact) mass is 306 g/mol. The molecule has 0 amide bonds. The molecule has 0 bridgehead atoms. The van der Waals surface area contributed by atoms with E-state index < -0.39 is 5.60 Å². The Bertz CT molecular complexity index is 460. The van der Waals surface area contributed by atoms with Crippen molar-refractivity contribution >= 4 is 0 Å². The van der Waals surface area contributed by atoms with Crippen LogP contribution in [0.25, 0.3) is 0 Å².